The molecule has 2 nitrogen and oxygen atoms in total. The van der Waals surface area contributed by atoms with Crippen LogP contribution in [0.3, 0.4) is 0 Å². The van der Waals surface area contributed by atoms with Crippen molar-refractivity contribution in [1.82, 2.24) is 5.32 Å². The summed E-state index contributed by atoms with van der Waals surface area (Å²) in [6.45, 7) is 11.2. The maximum atomic E-state index is 3.58. The van der Waals surface area contributed by atoms with Crippen molar-refractivity contribution in [3.05, 3.63) is 29.3 Å². The topological polar surface area (TPSA) is 15.3 Å². The SMILES string of the molecule is CCc1ccc(N2CC(C)NCC2CC)cc1C. The minimum atomic E-state index is 0.582. The molecule has 1 aromatic rings. The van der Waals surface area contributed by atoms with Gasteiger partial charge < -0.3 is 10.2 Å². The molecule has 2 unspecified atom stereocenters. The zero-order chi connectivity index (χ0) is 13.1. The molecule has 0 aliphatic carbocycles. The van der Waals surface area contributed by atoms with Gasteiger partial charge in [-0.25, -0.2) is 0 Å². The second-order valence-electron chi connectivity index (χ2n) is 5.49. The average Bonchev–Trinajstić information content (AvgIpc) is 2.38. The summed E-state index contributed by atoms with van der Waals surface area (Å²) in [6, 6.07) is 8.17. The second-order valence-corrected chi connectivity index (χ2v) is 5.49. The number of benzene rings is 1. The smallest absolute Gasteiger partial charge is 0.0412 e. The standard InChI is InChI=1S/C16H26N2/c1-5-14-7-8-16(9-12(14)3)18-11-13(4)17-10-15(18)6-2/h7-9,13,15,17H,5-6,10-11H2,1-4H3. The van der Waals surface area contributed by atoms with Gasteiger partial charge in [0.2, 0.25) is 0 Å². The van der Waals surface area contributed by atoms with Crippen LogP contribution in [0.1, 0.15) is 38.3 Å². The molecule has 0 saturated carbocycles. The predicted molar refractivity (Wildman–Crippen MR) is 79.4 cm³/mol. The first-order valence-corrected chi connectivity index (χ1v) is 7.25. The fourth-order valence-electron chi connectivity index (χ4n) is 2.89. The molecular formula is C16H26N2. The fraction of sp³-hybridized carbons (Fsp3) is 0.625. The first kappa shape index (κ1) is 13.4. The molecule has 1 fully saturated rings. The van der Waals surface area contributed by atoms with Crippen molar-refractivity contribution in [3.63, 3.8) is 0 Å². The first-order chi connectivity index (χ1) is 8.65. The van der Waals surface area contributed by atoms with Crippen LogP contribution in [0.2, 0.25) is 0 Å². The summed E-state index contributed by atoms with van der Waals surface area (Å²) < 4.78 is 0. The van der Waals surface area contributed by atoms with Crippen LogP contribution in [0.4, 0.5) is 5.69 Å². The minimum absolute atomic E-state index is 0.582. The van der Waals surface area contributed by atoms with Crippen molar-refractivity contribution in [2.24, 2.45) is 0 Å². The second kappa shape index (κ2) is 5.75. The molecular weight excluding hydrogens is 220 g/mol. The van der Waals surface area contributed by atoms with Crippen LogP contribution in [-0.2, 0) is 6.42 Å². The van der Waals surface area contributed by atoms with Crippen molar-refractivity contribution >= 4 is 5.69 Å². The highest BCUT2D eigenvalue weighted by Crippen LogP contribution is 2.24. The van der Waals surface area contributed by atoms with E-state index in [1.54, 1.807) is 0 Å². The minimum Gasteiger partial charge on any atom is -0.366 e. The molecule has 2 heteroatoms. The summed E-state index contributed by atoms with van der Waals surface area (Å²) in [5.41, 5.74) is 4.29. The van der Waals surface area contributed by atoms with E-state index < -0.39 is 0 Å². The van der Waals surface area contributed by atoms with Crippen LogP contribution in [0.5, 0.6) is 0 Å². The van der Waals surface area contributed by atoms with Crippen LogP contribution >= 0.6 is 0 Å². The number of hydrogen-bond acceptors (Lipinski definition) is 2. The lowest BCUT2D eigenvalue weighted by Crippen LogP contribution is -2.55. The lowest BCUT2D eigenvalue weighted by molar-refractivity contribution is 0.402. The largest absolute Gasteiger partial charge is 0.366 e. The zero-order valence-electron chi connectivity index (χ0n) is 12.2. The molecule has 2 rings (SSSR count). The van der Waals surface area contributed by atoms with Crippen molar-refractivity contribution in [2.45, 2.75) is 52.6 Å². The number of hydrogen-bond donors (Lipinski definition) is 1. The average molecular weight is 246 g/mol. The predicted octanol–water partition coefficient (Wildman–Crippen LogP) is 3.13. The highest BCUT2D eigenvalue weighted by atomic mass is 15.2. The molecule has 0 amide bonds. The van der Waals surface area contributed by atoms with Gasteiger partial charge in [-0.15, -0.1) is 0 Å². The number of piperazine rings is 1. The Bertz CT molecular complexity index is 400. The van der Waals surface area contributed by atoms with Gasteiger partial charge >= 0.3 is 0 Å². The van der Waals surface area contributed by atoms with Crippen molar-refractivity contribution < 1.29 is 0 Å². The van der Waals surface area contributed by atoms with Crippen molar-refractivity contribution in [2.75, 3.05) is 18.0 Å². The normalized spacial score (nSPS) is 24.3. The van der Waals surface area contributed by atoms with Crippen molar-refractivity contribution in [1.29, 1.82) is 0 Å². The van der Waals surface area contributed by atoms with Crippen LogP contribution in [0.25, 0.3) is 0 Å². The molecule has 0 spiro atoms. The highest BCUT2D eigenvalue weighted by Gasteiger charge is 2.24. The molecule has 1 heterocycles. The van der Waals surface area contributed by atoms with Crippen molar-refractivity contribution in [3.8, 4) is 0 Å². The Kier molecular flexibility index (Phi) is 4.28. The lowest BCUT2D eigenvalue weighted by Gasteiger charge is -2.41. The van der Waals surface area contributed by atoms with Crippen LogP contribution in [0.15, 0.2) is 18.2 Å². The third kappa shape index (κ3) is 2.69. The molecule has 0 aromatic heterocycles. The third-order valence-corrected chi connectivity index (χ3v) is 4.12. The number of nitrogens with one attached hydrogen (secondary N) is 1. The maximum absolute atomic E-state index is 3.58. The van der Waals surface area contributed by atoms with E-state index in [1.165, 1.54) is 23.2 Å². The Balaban J connectivity index is 2.25. The van der Waals surface area contributed by atoms with Gasteiger partial charge in [-0.3, -0.25) is 0 Å². The fourth-order valence-corrected chi connectivity index (χ4v) is 2.89. The molecule has 18 heavy (non-hydrogen) atoms. The van der Waals surface area contributed by atoms with Crippen LogP contribution < -0.4 is 10.2 Å². The van der Waals surface area contributed by atoms with Gasteiger partial charge in [0.25, 0.3) is 0 Å². The number of aryl methyl sites for hydroxylation is 2. The van der Waals surface area contributed by atoms with Gasteiger partial charge in [-0.2, -0.15) is 0 Å². The molecule has 1 aromatic carbocycles. The van der Waals surface area contributed by atoms with Gasteiger partial charge in [0.05, 0.1) is 0 Å². The van der Waals surface area contributed by atoms with Gasteiger partial charge in [-0.1, -0.05) is 19.9 Å². The monoisotopic (exact) mass is 246 g/mol. The Labute approximate surface area is 111 Å². The Morgan fingerprint density at radius 2 is 2.11 bits per heavy atom. The third-order valence-electron chi connectivity index (χ3n) is 4.12. The van der Waals surface area contributed by atoms with Gasteiger partial charge in [0.15, 0.2) is 0 Å². The van der Waals surface area contributed by atoms with E-state index in [-0.39, 0.29) is 0 Å². The van der Waals surface area contributed by atoms with Crippen LogP contribution in [0, 0.1) is 6.92 Å². The highest BCUT2D eigenvalue weighted by molar-refractivity contribution is 5.52. The Hall–Kier alpha value is -1.02. The van der Waals surface area contributed by atoms with E-state index in [0.717, 1.165) is 19.5 Å². The number of rotatable bonds is 3. The molecule has 1 saturated heterocycles. The lowest BCUT2D eigenvalue weighted by atomic mass is 10.0. The van der Waals surface area contributed by atoms with E-state index in [0.29, 0.717) is 12.1 Å². The van der Waals surface area contributed by atoms with Gasteiger partial charge in [0, 0.05) is 30.9 Å². The first-order valence-electron chi connectivity index (χ1n) is 7.25. The molecule has 1 N–H and O–H groups in total. The van der Waals surface area contributed by atoms with E-state index in [9.17, 15) is 0 Å². The number of anilines is 1. The molecule has 0 bridgehead atoms. The maximum Gasteiger partial charge on any atom is 0.0412 e. The summed E-state index contributed by atoms with van der Waals surface area (Å²) in [5, 5.41) is 3.58. The van der Waals surface area contributed by atoms with E-state index in [4.69, 9.17) is 0 Å². The number of nitrogens with zero attached hydrogens (tertiary/aromatic N) is 1. The Morgan fingerprint density at radius 1 is 1.33 bits per heavy atom. The molecule has 1 aliphatic rings. The van der Waals surface area contributed by atoms with Gasteiger partial charge in [-0.05, 0) is 49.9 Å². The summed E-state index contributed by atoms with van der Waals surface area (Å²) in [6.07, 6.45) is 2.33. The summed E-state index contributed by atoms with van der Waals surface area (Å²) >= 11 is 0. The van der Waals surface area contributed by atoms with Gasteiger partial charge in [0.1, 0.15) is 0 Å². The van der Waals surface area contributed by atoms with E-state index in [2.05, 4.69) is 56.1 Å². The summed E-state index contributed by atoms with van der Waals surface area (Å²) in [7, 11) is 0. The molecule has 2 atom stereocenters. The Morgan fingerprint density at radius 3 is 2.72 bits per heavy atom. The molecule has 0 radical (unpaired) electrons. The molecule has 1 aliphatic heterocycles. The van der Waals surface area contributed by atoms with E-state index in [1.807, 2.05) is 0 Å². The molecule has 100 valence electrons. The zero-order valence-corrected chi connectivity index (χ0v) is 12.2. The van der Waals surface area contributed by atoms with E-state index >= 15 is 0 Å². The summed E-state index contributed by atoms with van der Waals surface area (Å²) in [4.78, 5) is 2.58. The van der Waals surface area contributed by atoms with Crippen LogP contribution in [-0.4, -0.2) is 25.2 Å². The summed E-state index contributed by atoms with van der Waals surface area (Å²) in [5.74, 6) is 0. The quantitative estimate of drug-likeness (QED) is 0.881.